The zero-order valence-corrected chi connectivity index (χ0v) is 37.5. The second-order valence-electron chi connectivity index (χ2n) is 15.0. The number of aliphatic carboxylic acids is 2. The largest absolute Gasteiger partial charge is 0.481 e. The number of thioether (sulfide) groups is 1. The van der Waals surface area contributed by atoms with Crippen LogP contribution < -0.4 is 65.9 Å². The fourth-order valence-electron chi connectivity index (χ4n) is 5.54. The lowest BCUT2D eigenvalue weighted by Gasteiger charge is -2.28. The molecule has 0 heterocycles. The number of nitrogens with two attached hydrogens (primary N) is 5. The van der Waals surface area contributed by atoms with Gasteiger partial charge in [0.1, 0.15) is 36.3 Å². The van der Waals surface area contributed by atoms with Crippen LogP contribution >= 0.6 is 11.8 Å². The summed E-state index contributed by atoms with van der Waals surface area (Å²) in [5, 5.41) is 35.9. The van der Waals surface area contributed by atoms with Crippen molar-refractivity contribution in [3.8, 4) is 0 Å². The Kier molecular flexibility index (Phi) is 27.3. The molecule has 0 aromatic carbocycles. The van der Waals surface area contributed by atoms with Gasteiger partial charge in [-0.15, -0.1) is 0 Å². The third-order valence-corrected chi connectivity index (χ3v) is 9.99. The van der Waals surface area contributed by atoms with Gasteiger partial charge >= 0.3 is 11.9 Å². The molecular weight excluding hydrogens is 849 g/mol. The van der Waals surface area contributed by atoms with Gasteiger partial charge in [-0.1, -0.05) is 34.1 Å². The van der Waals surface area contributed by atoms with E-state index >= 15 is 0 Å². The lowest BCUT2D eigenvalue weighted by Crippen LogP contribution is -2.60. The lowest BCUT2D eigenvalue weighted by atomic mass is 9.99. The molecule has 0 aliphatic heterocycles. The van der Waals surface area contributed by atoms with Crippen LogP contribution in [-0.2, 0) is 43.2 Å². The number of carbonyl (C=O) groups is 9. The van der Waals surface area contributed by atoms with Crippen LogP contribution in [0.2, 0.25) is 0 Å². The van der Waals surface area contributed by atoms with E-state index in [-0.39, 0.29) is 57.1 Å². The monoisotopic (exact) mass is 916 g/mol. The maximum atomic E-state index is 14.0. The minimum atomic E-state index is -1.45. The highest BCUT2D eigenvalue weighted by Gasteiger charge is 2.34. The van der Waals surface area contributed by atoms with Gasteiger partial charge in [-0.25, -0.2) is 4.79 Å². The van der Waals surface area contributed by atoms with E-state index in [1.807, 2.05) is 0 Å². The molecule has 19 N–H and O–H groups in total. The number of rotatable bonds is 31. The van der Waals surface area contributed by atoms with Gasteiger partial charge in [-0.3, -0.25) is 48.3 Å². The Morgan fingerprint density at radius 1 is 0.619 bits per heavy atom. The summed E-state index contributed by atoms with van der Waals surface area (Å²) in [6.07, 6.45) is 1.83. The average Bonchev–Trinajstić information content (AvgIpc) is 3.20. The van der Waals surface area contributed by atoms with Crippen molar-refractivity contribution in [2.24, 2.45) is 50.5 Å². The zero-order chi connectivity index (χ0) is 48.4. The van der Waals surface area contributed by atoms with Crippen LogP contribution in [0.5, 0.6) is 0 Å². The van der Waals surface area contributed by atoms with E-state index in [1.54, 1.807) is 34.0 Å². The van der Waals surface area contributed by atoms with Crippen LogP contribution in [-0.4, -0.2) is 149 Å². The Morgan fingerprint density at radius 2 is 1.10 bits per heavy atom. The van der Waals surface area contributed by atoms with Crippen LogP contribution in [0.25, 0.3) is 0 Å². The highest BCUT2D eigenvalue weighted by Crippen LogP contribution is 2.10. The number of guanidine groups is 2. The third kappa shape index (κ3) is 23.8. The van der Waals surface area contributed by atoms with Gasteiger partial charge in [0.15, 0.2) is 11.9 Å². The molecule has 0 aromatic rings. The number of hydrogen-bond acceptors (Lipinski definition) is 13. The number of carboxylic acids is 2. The predicted octanol–water partition coefficient (Wildman–Crippen LogP) is -4.52. The third-order valence-electron chi connectivity index (χ3n) is 9.35. The van der Waals surface area contributed by atoms with Crippen LogP contribution in [0.4, 0.5) is 0 Å². The van der Waals surface area contributed by atoms with Crippen LogP contribution in [0.15, 0.2) is 9.98 Å². The second kappa shape index (κ2) is 30.2. The molecule has 0 unspecified atom stereocenters. The molecule has 0 bridgehead atoms. The van der Waals surface area contributed by atoms with Crippen molar-refractivity contribution in [1.82, 2.24) is 37.2 Å². The smallest absolute Gasteiger partial charge is 0.326 e. The summed E-state index contributed by atoms with van der Waals surface area (Å²) in [6, 6.07) is -9.02. The fraction of sp³-hybridized carbons (Fsp3) is 0.703. The standard InChI is InChI=1S/C37H68N14O11S/c1-7-19(4)28(35(61)62)50-25(52)17-45-29(55)20(5)46-31(57)22(10-8-13-43-36(39)40)47-32(58)23(11-9-14-44-37(41)42)48-33(59)24(12-15-63-6)49-34(60)27(18(2)3)51-30(56)21(38)16-26(53)54/h18-24,27-28H,7-17,38H2,1-6H3,(H,45,55)(H,46,57)(H,47,58)(H,48,59)(H,49,60)(H,50,52)(H,51,56)(H,53,54)(H,61,62)(H4,39,40,43)(H4,41,42,44)/t19-,20-,21-,22-,23-,24-,27-,28-/m0/s1. The summed E-state index contributed by atoms with van der Waals surface area (Å²) in [6.45, 7) is 7.47. The zero-order valence-electron chi connectivity index (χ0n) is 36.7. The number of carboxylic acid groups (broad SMARTS) is 2. The molecule has 26 heteroatoms. The Morgan fingerprint density at radius 3 is 1.52 bits per heavy atom. The van der Waals surface area contributed by atoms with E-state index in [0.29, 0.717) is 12.2 Å². The first kappa shape index (κ1) is 57.1. The van der Waals surface area contributed by atoms with E-state index in [1.165, 1.54) is 18.7 Å². The minimum Gasteiger partial charge on any atom is -0.481 e. The average molecular weight is 917 g/mol. The van der Waals surface area contributed by atoms with Gasteiger partial charge in [0.25, 0.3) is 0 Å². The van der Waals surface area contributed by atoms with Gasteiger partial charge in [0.2, 0.25) is 41.4 Å². The molecule has 63 heavy (non-hydrogen) atoms. The molecule has 0 radical (unpaired) electrons. The van der Waals surface area contributed by atoms with Crippen LogP contribution in [0.3, 0.4) is 0 Å². The molecular formula is C37H68N14O11S. The first-order chi connectivity index (χ1) is 29.4. The second-order valence-corrected chi connectivity index (χ2v) is 16.0. The summed E-state index contributed by atoms with van der Waals surface area (Å²) in [5.41, 5.74) is 27.4. The molecule has 0 aliphatic rings. The maximum absolute atomic E-state index is 14.0. The number of nitrogens with one attached hydrogen (secondary N) is 7. The van der Waals surface area contributed by atoms with Crippen molar-refractivity contribution in [2.75, 3.05) is 31.6 Å². The minimum absolute atomic E-state index is 0.0517. The molecule has 0 aliphatic carbocycles. The maximum Gasteiger partial charge on any atom is 0.326 e. The normalized spacial score (nSPS) is 14.7. The van der Waals surface area contributed by atoms with Gasteiger partial charge in [-0.05, 0) is 62.9 Å². The molecule has 0 spiro atoms. The number of amides is 7. The topological polar surface area (TPSA) is 433 Å². The Labute approximate surface area is 370 Å². The molecule has 8 atom stereocenters. The summed E-state index contributed by atoms with van der Waals surface area (Å²) in [5.74, 6) is -9.25. The summed E-state index contributed by atoms with van der Waals surface area (Å²) in [4.78, 5) is 123. The van der Waals surface area contributed by atoms with Crippen LogP contribution in [0, 0.1) is 11.8 Å². The predicted molar refractivity (Wildman–Crippen MR) is 235 cm³/mol. The fourth-order valence-corrected chi connectivity index (χ4v) is 6.01. The molecule has 0 rings (SSSR count). The van der Waals surface area contributed by atoms with Crippen molar-refractivity contribution in [3.63, 3.8) is 0 Å². The summed E-state index contributed by atoms with van der Waals surface area (Å²) in [7, 11) is 0. The summed E-state index contributed by atoms with van der Waals surface area (Å²) < 4.78 is 0. The van der Waals surface area contributed by atoms with Gasteiger partial charge in [-0.2, -0.15) is 11.8 Å². The Hall–Kier alpha value is -5.92. The molecule has 0 saturated carbocycles. The Bertz CT molecular complexity index is 1630. The van der Waals surface area contributed by atoms with Gasteiger partial charge < -0.3 is 76.1 Å². The van der Waals surface area contributed by atoms with E-state index in [4.69, 9.17) is 33.8 Å². The van der Waals surface area contributed by atoms with Gasteiger partial charge in [0.05, 0.1) is 19.0 Å². The Balaban J connectivity index is 6.36. The lowest BCUT2D eigenvalue weighted by molar-refractivity contribution is -0.143. The van der Waals surface area contributed by atoms with Crippen LogP contribution in [0.1, 0.15) is 79.6 Å². The molecule has 0 aromatic heterocycles. The SMILES string of the molecule is CC[C@H](C)[C@H](NC(=O)CNC(=O)[C@H](C)NC(=O)[C@H](CCCN=C(N)N)NC(=O)[C@H](CCCN=C(N)N)NC(=O)[C@H](CCSC)NC(=O)[C@@H](NC(=O)[C@@H](N)CC(=O)O)C(C)C)C(=O)O. The first-order valence-corrected chi connectivity index (χ1v) is 21.7. The number of aliphatic imine (C=N–C) groups is 2. The molecule has 25 nitrogen and oxygen atoms in total. The van der Waals surface area contributed by atoms with E-state index < -0.39 is 120 Å². The highest BCUT2D eigenvalue weighted by molar-refractivity contribution is 7.98. The molecule has 0 saturated heterocycles. The number of hydrogen-bond donors (Lipinski definition) is 14. The van der Waals surface area contributed by atoms with Crippen molar-refractivity contribution in [2.45, 2.75) is 122 Å². The van der Waals surface area contributed by atoms with Crippen molar-refractivity contribution < 1.29 is 53.4 Å². The van der Waals surface area contributed by atoms with Crippen molar-refractivity contribution >= 4 is 77.0 Å². The number of carbonyl (C=O) groups excluding carboxylic acids is 7. The molecule has 7 amide bonds. The highest BCUT2D eigenvalue weighted by atomic mass is 32.2. The number of nitrogens with zero attached hydrogens (tertiary/aromatic N) is 2. The molecule has 0 fully saturated rings. The van der Waals surface area contributed by atoms with Crippen molar-refractivity contribution in [1.29, 1.82) is 0 Å². The summed E-state index contributed by atoms with van der Waals surface area (Å²) >= 11 is 1.36. The van der Waals surface area contributed by atoms with E-state index in [9.17, 15) is 48.3 Å². The van der Waals surface area contributed by atoms with Gasteiger partial charge in [0, 0.05) is 13.1 Å². The first-order valence-electron chi connectivity index (χ1n) is 20.3. The quantitative estimate of drug-likeness (QED) is 0.0177. The van der Waals surface area contributed by atoms with E-state index in [2.05, 4.69) is 47.2 Å². The molecule has 358 valence electrons. The van der Waals surface area contributed by atoms with Crippen molar-refractivity contribution in [3.05, 3.63) is 0 Å². The van der Waals surface area contributed by atoms with E-state index in [0.717, 1.165) is 0 Å².